The molecule has 5 rings (SSSR count). The molecule has 1 aromatic rings. The standard InChI is InChI=1S/C28H37N5O4S/c1-5-22(34)30-18-8-6-7-9-19(18)31-26(35)25-24-23-21(12-13-29-27(23)38-25)33(28(36)32-24)20-11-10-17(14-16(20)4)37-15(2)3/h5,10-11,14-15,18-19,21,23,27,29H,1,6-9,12-13H2,2-4H3,(H,30,34)(H,31,35)(H,32,36)/t18-,19+,21?,23?,27?/m0/s1. The van der Waals surface area contributed by atoms with E-state index in [1.807, 2.05) is 43.9 Å². The lowest BCUT2D eigenvalue weighted by Gasteiger charge is -2.46. The van der Waals surface area contributed by atoms with Crippen molar-refractivity contribution < 1.29 is 19.1 Å². The van der Waals surface area contributed by atoms with Gasteiger partial charge in [0.1, 0.15) is 5.75 Å². The van der Waals surface area contributed by atoms with Crippen LogP contribution in [0.15, 0.2) is 41.5 Å². The van der Waals surface area contributed by atoms with Crippen LogP contribution in [0.1, 0.15) is 51.5 Å². The summed E-state index contributed by atoms with van der Waals surface area (Å²) in [5.74, 6) is 0.332. The van der Waals surface area contributed by atoms with E-state index in [-0.39, 0.29) is 53.4 Å². The second kappa shape index (κ2) is 11.0. The molecule has 0 aromatic heterocycles. The van der Waals surface area contributed by atoms with E-state index in [0.717, 1.165) is 55.6 Å². The number of aryl methyl sites for hydroxylation is 1. The van der Waals surface area contributed by atoms with Gasteiger partial charge in [0.25, 0.3) is 5.91 Å². The number of amides is 4. The number of urea groups is 1. The number of thioether (sulfide) groups is 1. The molecule has 0 bridgehead atoms. The molecule has 0 spiro atoms. The largest absolute Gasteiger partial charge is 0.491 e. The van der Waals surface area contributed by atoms with Crippen LogP contribution in [0.4, 0.5) is 10.5 Å². The maximum Gasteiger partial charge on any atom is 0.326 e. The SMILES string of the molecule is C=CC(=O)N[C@H]1CCCC[C@H]1NC(=O)C1=C2NC(=O)N(c3ccc(OC(C)C)cc3C)C3CCNC(S1)C23. The lowest BCUT2D eigenvalue weighted by Crippen LogP contribution is -2.62. The molecule has 1 aromatic carbocycles. The molecule has 38 heavy (non-hydrogen) atoms. The predicted molar refractivity (Wildman–Crippen MR) is 149 cm³/mol. The van der Waals surface area contributed by atoms with E-state index >= 15 is 0 Å². The first-order valence-corrected chi connectivity index (χ1v) is 14.4. The molecule has 1 saturated carbocycles. The number of hydrogen-bond donors (Lipinski definition) is 4. The minimum absolute atomic E-state index is 0.000856. The Balaban J connectivity index is 1.38. The molecule has 10 heteroatoms. The first kappa shape index (κ1) is 26.6. The van der Waals surface area contributed by atoms with Crippen LogP contribution in [0.5, 0.6) is 5.75 Å². The summed E-state index contributed by atoms with van der Waals surface area (Å²) in [4.78, 5) is 41.5. The zero-order valence-electron chi connectivity index (χ0n) is 22.2. The van der Waals surface area contributed by atoms with Crippen molar-refractivity contribution in [3.63, 3.8) is 0 Å². The van der Waals surface area contributed by atoms with E-state index in [4.69, 9.17) is 4.74 Å². The van der Waals surface area contributed by atoms with Crippen LogP contribution in [-0.4, -0.2) is 54.0 Å². The third kappa shape index (κ3) is 5.16. The van der Waals surface area contributed by atoms with Crippen molar-refractivity contribution in [3.8, 4) is 5.75 Å². The molecular weight excluding hydrogens is 502 g/mol. The van der Waals surface area contributed by atoms with Crippen molar-refractivity contribution in [2.24, 2.45) is 5.92 Å². The van der Waals surface area contributed by atoms with Crippen LogP contribution >= 0.6 is 11.8 Å². The molecule has 4 N–H and O–H groups in total. The molecule has 2 saturated heterocycles. The quantitative estimate of drug-likeness (QED) is 0.396. The van der Waals surface area contributed by atoms with Gasteiger partial charge in [0.2, 0.25) is 5.91 Å². The Bertz CT molecular complexity index is 1170. The first-order valence-electron chi connectivity index (χ1n) is 13.5. The first-order chi connectivity index (χ1) is 18.3. The zero-order chi connectivity index (χ0) is 27.0. The van der Waals surface area contributed by atoms with Gasteiger partial charge in [-0.2, -0.15) is 0 Å². The van der Waals surface area contributed by atoms with Crippen molar-refractivity contribution in [1.29, 1.82) is 0 Å². The van der Waals surface area contributed by atoms with Crippen LogP contribution < -0.4 is 30.9 Å². The van der Waals surface area contributed by atoms with Crippen molar-refractivity contribution in [2.45, 2.75) is 82.5 Å². The molecule has 3 unspecified atom stereocenters. The van der Waals surface area contributed by atoms with E-state index in [9.17, 15) is 14.4 Å². The van der Waals surface area contributed by atoms with Gasteiger partial charge in [-0.3, -0.25) is 14.5 Å². The molecule has 4 aliphatic rings. The lowest BCUT2D eigenvalue weighted by atomic mass is 9.86. The number of nitrogens with one attached hydrogen (secondary N) is 4. The smallest absolute Gasteiger partial charge is 0.326 e. The van der Waals surface area contributed by atoms with E-state index in [1.165, 1.54) is 17.8 Å². The van der Waals surface area contributed by atoms with E-state index in [2.05, 4.69) is 27.8 Å². The highest BCUT2D eigenvalue weighted by Gasteiger charge is 2.52. The maximum atomic E-state index is 13.6. The van der Waals surface area contributed by atoms with Gasteiger partial charge in [-0.05, 0) is 76.4 Å². The average molecular weight is 540 g/mol. The minimum atomic E-state index is -0.231. The number of hydrogen-bond acceptors (Lipinski definition) is 6. The topological polar surface area (TPSA) is 112 Å². The van der Waals surface area contributed by atoms with Gasteiger partial charge in [-0.15, -0.1) is 0 Å². The van der Waals surface area contributed by atoms with Crippen LogP contribution in [-0.2, 0) is 9.59 Å². The fraction of sp³-hybridized carbons (Fsp3) is 0.536. The number of anilines is 1. The van der Waals surface area contributed by atoms with E-state index in [1.54, 1.807) is 0 Å². The Morgan fingerprint density at radius 2 is 1.92 bits per heavy atom. The maximum absolute atomic E-state index is 13.6. The Morgan fingerprint density at radius 3 is 2.61 bits per heavy atom. The number of ether oxygens (including phenoxy) is 1. The fourth-order valence-corrected chi connectivity index (χ4v) is 7.50. The molecule has 4 amide bonds. The summed E-state index contributed by atoms with van der Waals surface area (Å²) in [6.07, 6.45) is 5.72. The molecule has 204 valence electrons. The summed E-state index contributed by atoms with van der Waals surface area (Å²) in [6.45, 7) is 10.3. The summed E-state index contributed by atoms with van der Waals surface area (Å²) < 4.78 is 5.84. The number of piperidine rings is 1. The van der Waals surface area contributed by atoms with Crippen molar-refractivity contribution >= 4 is 35.3 Å². The molecule has 3 aliphatic heterocycles. The minimum Gasteiger partial charge on any atom is -0.491 e. The van der Waals surface area contributed by atoms with Gasteiger partial charge in [-0.1, -0.05) is 31.2 Å². The monoisotopic (exact) mass is 539 g/mol. The Morgan fingerprint density at radius 1 is 1.18 bits per heavy atom. The van der Waals surface area contributed by atoms with Gasteiger partial charge in [0.15, 0.2) is 0 Å². The highest BCUT2D eigenvalue weighted by Crippen LogP contribution is 2.48. The highest BCUT2D eigenvalue weighted by molar-refractivity contribution is 8.04. The number of nitrogens with zero attached hydrogens (tertiary/aromatic N) is 1. The number of rotatable bonds is 7. The van der Waals surface area contributed by atoms with E-state index in [0.29, 0.717) is 10.6 Å². The highest BCUT2D eigenvalue weighted by atomic mass is 32.2. The summed E-state index contributed by atoms with van der Waals surface area (Å²) >= 11 is 1.49. The predicted octanol–water partition coefficient (Wildman–Crippen LogP) is 3.30. The van der Waals surface area contributed by atoms with E-state index < -0.39 is 0 Å². The number of carbonyl (C=O) groups is 3. The molecule has 3 heterocycles. The summed E-state index contributed by atoms with van der Waals surface area (Å²) in [7, 11) is 0. The number of carbonyl (C=O) groups excluding carboxylic acids is 3. The average Bonchev–Trinajstić information content (AvgIpc) is 3.25. The molecule has 1 aliphatic carbocycles. The summed E-state index contributed by atoms with van der Waals surface area (Å²) in [5.41, 5.74) is 2.53. The lowest BCUT2D eigenvalue weighted by molar-refractivity contribution is -0.120. The van der Waals surface area contributed by atoms with Gasteiger partial charge >= 0.3 is 6.03 Å². The van der Waals surface area contributed by atoms with Crippen LogP contribution in [0.2, 0.25) is 0 Å². The molecule has 5 atom stereocenters. The van der Waals surface area contributed by atoms with Gasteiger partial charge in [-0.25, -0.2) is 4.79 Å². The normalized spacial score (nSPS) is 28.5. The van der Waals surface area contributed by atoms with Gasteiger partial charge in [0, 0.05) is 29.4 Å². The summed E-state index contributed by atoms with van der Waals surface area (Å²) in [5, 5.41) is 12.8. The Kier molecular flexibility index (Phi) is 7.72. The van der Waals surface area contributed by atoms with Crippen molar-refractivity contribution in [2.75, 3.05) is 11.4 Å². The number of benzene rings is 1. The van der Waals surface area contributed by atoms with Gasteiger partial charge < -0.3 is 26.0 Å². The third-order valence-corrected chi connectivity index (χ3v) is 9.10. The molecule has 9 nitrogen and oxygen atoms in total. The molecule has 0 radical (unpaired) electrons. The Hall–Kier alpha value is -2.98. The fourth-order valence-electron chi connectivity index (χ4n) is 6.10. The zero-order valence-corrected chi connectivity index (χ0v) is 23.0. The van der Waals surface area contributed by atoms with Crippen LogP contribution in [0.3, 0.4) is 0 Å². The van der Waals surface area contributed by atoms with Gasteiger partial charge in [0.05, 0.1) is 22.4 Å². The Labute approximate surface area is 228 Å². The molecule has 3 fully saturated rings. The van der Waals surface area contributed by atoms with Crippen molar-refractivity contribution in [1.82, 2.24) is 21.3 Å². The third-order valence-electron chi connectivity index (χ3n) is 7.74. The van der Waals surface area contributed by atoms with Crippen LogP contribution in [0, 0.1) is 12.8 Å². The van der Waals surface area contributed by atoms with Crippen molar-refractivity contribution in [3.05, 3.63) is 47.0 Å². The van der Waals surface area contributed by atoms with Crippen LogP contribution in [0.25, 0.3) is 0 Å². The summed E-state index contributed by atoms with van der Waals surface area (Å²) in [6, 6.07) is 5.26. The molecular formula is C28H37N5O4S. The second-order valence-electron chi connectivity index (χ2n) is 10.7. The second-order valence-corrected chi connectivity index (χ2v) is 11.9.